The van der Waals surface area contributed by atoms with Crippen LogP contribution in [0.15, 0.2) is 12.1 Å². The molecule has 2 unspecified atom stereocenters. The average Bonchev–Trinajstić information content (AvgIpc) is 2.31. The van der Waals surface area contributed by atoms with Crippen molar-refractivity contribution in [2.45, 2.75) is 32.0 Å². The third-order valence-corrected chi connectivity index (χ3v) is 3.97. The molecule has 1 aromatic carbocycles. The van der Waals surface area contributed by atoms with E-state index < -0.39 is 11.5 Å². The SMILES string of the molecule is CCN1C(=O)NC2CC1(C)Oc1c(F)cc(Cl)cc12. The van der Waals surface area contributed by atoms with Crippen molar-refractivity contribution in [2.24, 2.45) is 0 Å². The molecule has 0 spiro atoms. The van der Waals surface area contributed by atoms with E-state index >= 15 is 0 Å². The number of nitrogens with one attached hydrogen (secondary N) is 1. The molecular weight excluding hydrogens is 271 g/mol. The van der Waals surface area contributed by atoms with Crippen LogP contribution in [0.25, 0.3) is 0 Å². The van der Waals surface area contributed by atoms with Crippen LogP contribution >= 0.6 is 11.6 Å². The molecule has 2 aliphatic heterocycles. The number of fused-ring (bicyclic) bond motifs is 4. The highest BCUT2D eigenvalue weighted by Crippen LogP contribution is 2.45. The first-order valence-corrected chi connectivity index (χ1v) is 6.58. The molecule has 2 atom stereocenters. The van der Waals surface area contributed by atoms with Crippen LogP contribution in [-0.4, -0.2) is 23.2 Å². The van der Waals surface area contributed by atoms with Gasteiger partial charge in [-0.25, -0.2) is 9.18 Å². The fraction of sp³-hybridized carbons (Fsp3) is 0.462. The highest BCUT2D eigenvalue weighted by atomic mass is 35.5. The Kier molecular flexibility index (Phi) is 2.64. The van der Waals surface area contributed by atoms with Gasteiger partial charge in [-0.15, -0.1) is 0 Å². The van der Waals surface area contributed by atoms with Crippen LogP contribution in [0.2, 0.25) is 5.02 Å². The number of ether oxygens (including phenoxy) is 1. The second-order valence-electron chi connectivity index (χ2n) is 5.03. The van der Waals surface area contributed by atoms with Crippen molar-refractivity contribution in [1.29, 1.82) is 0 Å². The molecule has 102 valence electrons. The summed E-state index contributed by atoms with van der Waals surface area (Å²) >= 11 is 5.87. The van der Waals surface area contributed by atoms with Crippen LogP contribution in [0, 0.1) is 5.82 Å². The average molecular weight is 285 g/mol. The van der Waals surface area contributed by atoms with E-state index in [0.717, 1.165) is 0 Å². The molecule has 0 aromatic heterocycles. The molecule has 2 amide bonds. The number of halogens is 2. The predicted octanol–water partition coefficient (Wildman–Crippen LogP) is 3.06. The zero-order valence-corrected chi connectivity index (χ0v) is 11.4. The predicted molar refractivity (Wildman–Crippen MR) is 68.7 cm³/mol. The summed E-state index contributed by atoms with van der Waals surface area (Å²) in [6.07, 6.45) is 0.569. The summed E-state index contributed by atoms with van der Waals surface area (Å²) in [5, 5.41) is 3.17. The molecule has 1 saturated heterocycles. The van der Waals surface area contributed by atoms with Crippen molar-refractivity contribution >= 4 is 17.6 Å². The minimum absolute atomic E-state index is 0.182. The third kappa shape index (κ3) is 1.75. The van der Waals surface area contributed by atoms with Gasteiger partial charge < -0.3 is 10.1 Å². The number of nitrogens with zero attached hydrogens (tertiary/aromatic N) is 1. The minimum Gasteiger partial charge on any atom is -0.465 e. The Balaban J connectivity index is 2.13. The van der Waals surface area contributed by atoms with E-state index in [2.05, 4.69) is 5.32 Å². The molecule has 19 heavy (non-hydrogen) atoms. The lowest BCUT2D eigenvalue weighted by Gasteiger charge is -2.50. The Morgan fingerprint density at radius 3 is 3.05 bits per heavy atom. The monoisotopic (exact) mass is 284 g/mol. The van der Waals surface area contributed by atoms with Gasteiger partial charge in [-0.3, -0.25) is 4.90 Å². The van der Waals surface area contributed by atoms with Crippen LogP contribution in [-0.2, 0) is 0 Å². The quantitative estimate of drug-likeness (QED) is 0.861. The Labute approximate surface area is 115 Å². The topological polar surface area (TPSA) is 41.6 Å². The molecular formula is C13H14ClFN2O2. The number of rotatable bonds is 1. The lowest BCUT2D eigenvalue weighted by atomic mass is 9.90. The summed E-state index contributed by atoms with van der Waals surface area (Å²) in [7, 11) is 0. The van der Waals surface area contributed by atoms with E-state index in [1.54, 1.807) is 17.9 Å². The van der Waals surface area contributed by atoms with Crippen LogP contribution in [0.1, 0.15) is 31.9 Å². The Morgan fingerprint density at radius 2 is 2.37 bits per heavy atom. The molecule has 2 bridgehead atoms. The number of carbonyl (C=O) groups excluding carboxylic acids is 1. The molecule has 1 fully saturated rings. The summed E-state index contributed by atoms with van der Waals surface area (Å²) in [5.41, 5.74) is -0.213. The number of urea groups is 1. The molecule has 1 N–H and O–H groups in total. The summed E-state index contributed by atoms with van der Waals surface area (Å²) in [6.45, 7) is 4.17. The van der Waals surface area contributed by atoms with Gasteiger partial charge in [0, 0.05) is 23.6 Å². The molecule has 0 aliphatic carbocycles. The van der Waals surface area contributed by atoms with E-state index in [-0.39, 0.29) is 17.8 Å². The molecule has 0 saturated carbocycles. The molecule has 2 aliphatic rings. The van der Waals surface area contributed by atoms with Crippen molar-refractivity contribution in [3.63, 3.8) is 0 Å². The number of carbonyl (C=O) groups is 1. The zero-order chi connectivity index (χ0) is 13.8. The highest BCUT2D eigenvalue weighted by Gasteiger charge is 2.49. The summed E-state index contributed by atoms with van der Waals surface area (Å²) < 4.78 is 19.8. The van der Waals surface area contributed by atoms with Gasteiger partial charge >= 0.3 is 6.03 Å². The van der Waals surface area contributed by atoms with Crippen molar-refractivity contribution in [3.05, 3.63) is 28.5 Å². The van der Waals surface area contributed by atoms with Crippen molar-refractivity contribution in [2.75, 3.05) is 6.54 Å². The van der Waals surface area contributed by atoms with Gasteiger partial charge in [0.1, 0.15) is 0 Å². The largest absolute Gasteiger partial charge is 0.465 e. The Hall–Kier alpha value is -1.49. The number of benzene rings is 1. The lowest BCUT2D eigenvalue weighted by molar-refractivity contribution is -0.0838. The van der Waals surface area contributed by atoms with E-state index in [0.29, 0.717) is 23.6 Å². The first-order valence-electron chi connectivity index (χ1n) is 6.20. The second kappa shape index (κ2) is 4.00. The van der Waals surface area contributed by atoms with Gasteiger partial charge in [-0.05, 0) is 26.0 Å². The molecule has 2 heterocycles. The molecule has 0 radical (unpaired) electrons. The molecule has 1 aromatic rings. The van der Waals surface area contributed by atoms with E-state index in [1.807, 2.05) is 6.92 Å². The number of hydrogen-bond acceptors (Lipinski definition) is 2. The summed E-state index contributed by atoms with van der Waals surface area (Å²) in [4.78, 5) is 13.6. The van der Waals surface area contributed by atoms with Gasteiger partial charge in [0.2, 0.25) is 0 Å². The maximum Gasteiger partial charge on any atom is 0.320 e. The van der Waals surface area contributed by atoms with Gasteiger partial charge in [0.05, 0.1) is 6.04 Å². The maximum absolute atomic E-state index is 14.0. The van der Waals surface area contributed by atoms with Gasteiger partial charge in [0.15, 0.2) is 17.3 Å². The highest BCUT2D eigenvalue weighted by molar-refractivity contribution is 6.30. The fourth-order valence-corrected chi connectivity index (χ4v) is 3.12. The van der Waals surface area contributed by atoms with Crippen LogP contribution in [0.3, 0.4) is 0 Å². The summed E-state index contributed by atoms with van der Waals surface area (Å²) in [5.74, 6) is -0.313. The number of hydrogen-bond donors (Lipinski definition) is 1. The van der Waals surface area contributed by atoms with Crippen molar-refractivity contribution < 1.29 is 13.9 Å². The number of amides is 2. The first-order chi connectivity index (χ1) is 8.94. The van der Waals surface area contributed by atoms with Gasteiger partial charge in [0.25, 0.3) is 0 Å². The first kappa shape index (κ1) is 12.5. The van der Waals surface area contributed by atoms with Gasteiger partial charge in [-0.1, -0.05) is 11.6 Å². The van der Waals surface area contributed by atoms with Crippen LogP contribution in [0.4, 0.5) is 9.18 Å². The molecule has 3 rings (SSSR count). The lowest BCUT2D eigenvalue weighted by Crippen LogP contribution is -2.64. The minimum atomic E-state index is -0.816. The van der Waals surface area contributed by atoms with Crippen molar-refractivity contribution in [3.8, 4) is 5.75 Å². The van der Waals surface area contributed by atoms with Crippen LogP contribution in [0.5, 0.6) is 5.75 Å². The normalized spacial score (nSPS) is 28.5. The van der Waals surface area contributed by atoms with E-state index in [4.69, 9.17) is 16.3 Å². The maximum atomic E-state index is 14.0. The van der Waals surface area contributed by atoms with Crippen molar-refractivity contribution in [1.82, 2.24) is 10.2 Å². The second-order valence-corrected chi connectivity index (χ2v) is 5.47. The Morgan fingerprint density at radius 1 is 1.63 bits per heavy atom. The fourth-order valence-electron chi connectivity index (χ4n) is 2.91. The zero-order valence-electron chi connectivity index (χ0n) is 10.7. The molecule has 6 heteroatoms. The third-order valence-electron chi connectivity index (χ3n) is 3.75. The van der Waals surface area contributed by atoms with E-state index in [9.17, 15) is 9.18 Å². The van der Waals surface area contributed by atoms with Crippen LogP contribution < -0.4 is 10.1 Å². The van der Waals surface area contributed by atoms with E-state index in [1.165, 1.54) is 6.07 Å². The smallest absolute Gasteiger partial charge is 0.320 e. The van der Waals surface area contributed by atoms with Gasteiger partial charge in [-0.2, -0.15) is 0 Å². The standard InChI is InChI=1S/C13H14ClFN2O2/c1-3-17-12(18)16-10-6-13(17,2)19-11-8(10)4-7(14)5-9(11)15/h4-5,10H,3,6H2,1-2H3,(H,16,18). The molecule has 4 nitrogen and oxygen atoms in total. The summed E-state index contributed by atoms with van der Waals surface area (Å²) in [6, 6.07) is 2.40. The Bertz CT molecular complexity index is 566.